The van der Waals surface area contributed by atoms with Crippen LogP contribution < -0.4 is 5.43 Å². The monoisotopic (exact) mass is 140 g/mol. The van der Waals surface area contributed by atoms with Gasteiger partial charge in [-0.05, 0) is 26.3 Å². The van der Waals surface area contributed by atoms with Crippen molar-refractivity contribution >= 4 is 6.21 Å². The van der Waals surface area contributed by atoms with Crippen molar-refractivity contribution in [3.63, 3.8) is 0 Å². The summed E-state index contributed by atoms with van der Waals surface area (Å²) in [7, 11) is 0. The highest BCUT2D eigenvalue weighted by atomic mass is 15.3. The van der Waals surface area contributed by atoms with E-state index in [1.807, 2.05) is 6.08 Å². The lowest BCUT2D eigenvalue weighted by molar-refractivity contribution is 0.623. The number of rotatable bonds is 4. The first-order valence-electron chi connectivity index (χ1n) is 3.71. The molecule has 0 heterocycles. The van der Waals surface area contributed by atoms with Crippen molar-refractivity contribution in [3.05, 3.63) is 12.2 Å². The molecule has 0 atom stereocenters. The smallest absolute Gasteiger partial charge is 0.0464 e. The quantitative estimate of drug-likeness (QED) is 0.468. The summed E-state index contributed by atoms with van der Waals surface area (Å²) in [6, 6.07) is 0.422. The fourth-order valence-corrected chi connectivity index (χ4v) is 0.432. The van der Waals surface area contributed by atoms with Crippen LogP contribution in [0.2, 0.25) is 0 Å². The Balaban J connectivity index is 3.28. The van der Waals surface area contributed by atoms with Crippen molar-refractivity contribution in [2.45, 2.75) is 33.2 Å². The molecule has 0 aromatic carbocycles. The van der Waals surface area contributed by atoms with Gasteiger partial charge in [0.1, 0.15) is 0 Å². The molecule has 1 N–H and O–H groups in total. The van der Waals surface area contributed by atoms with Gasteiger partial charge < -0.3 is 5.43 Å². The maximum Gasteiger partial charge on any atom is 0.0464 e. The minimum Gasteiger partial charge on any atom is -0.308 e. The Bertz CT molecular complexity index is 114. The summed E-state index contributed by atoms with van der Waals surface area (Å²) < 4.78 is 0. The van der Waals surface area contributed by atoms with Gasteiger partial charge in [0.05, 0.1) is 0 Å². The van der Waals surface area contributed by atoms with Gasteiger partial charge in [-0.15, -0.1) is 0 Å². The van der Waals surface area contributed by atoms with Crippen molar-refractivity contribution < 1.29 is 0 Å². The molecule has 0 rings (SSSR count). The average molecular weight is 140 g/mol. The molecular formula is C8H16N2. The van der Waals surface area contributed by atoms with E-state index in [-0.39, 0.29) is 0 Å². The maximum absolute atomic E-state index is 3.95. The zero-order chi connectivity index (χ0) is 7.82. The summed E-state index contributed by atoms with van der Waals surface area (Å²) in [5.74, 6) is 0. The van der Waals surface area contributed by atoms with Gasteiger partial charge in [0.2, 0.25) is 0 Å². The van der Waals surface area contributed by atoms with Gasteiger partial charge >= 0.3 is 0 Å². The minimum atomic E-state index is 0.422. The predicted molar refractivity (Wildman–Crippen MR) is 46.2 cm³/mol. The third-order valence-electron chi connectivity index (χ3n) is 0.865. The van der Waals surface area contributed by atoms with E-state index in [0.717, 1.165) is 6.42 Å². The Hall–Kier alpha value is -0.790. The topological polar surface area (TPSA) is 24.4 Å². The minimum absolute atomic E-state index is 0.422. The third kappa shape index (κ3) is 7.21. The number of hydrazone groups is 1. The summed E-state index contributed by atoms with van der Waals surface area (Å²) in [5.41, 5.74) is 2.92. The first kappa shape index (κ1) is 9.21. The first-order valence-corrected chi connectivity index (χ1v) is 3.71. The number of allylic oxidation sites excluding steroid dienone is 2. The molecule has 0 saturated heterocycles. The summed E-state index contributed by atoms with van der Waals surface area (Å²) in [4.78, 5) is 0. The molecular weight excluding hydrogens is 124 g/mol. The van der Waals surface area contributed by atoms with Gasteiger partial charge in [-0.25, -0.2) is 0 Å². The van der Waals surface area contributed by atoms with Gasteiger partial charge in [0.25, 0.3) is 0 Å². The fraction of sp³-hybridized carbons (Fsp3) is 0.625. The molecule has 58 valence electrons. The van der Waals surface area contributed by atoms with Crippen LogP contribution in [0.1, 0.15) is 27.2 Å². The Morgan fingerprint density at radius 1 is 1.50 bits per heavy atom. The lowest BCUT2D eigenvalue weighted by Gasteiger charge is -1.99. The SMILES string of the molecule is CC/C=C/C=N\NC(C)C. The molecule has 0 radical (unpaired) electrons. The van der Waals surface area contributed by atoms with Crippen molar-refractivity contribution in [1.82, 2.24) is 5.43 Å². The van der Waals surface area contributed by atoms with Crippen LogP contribution in [0.4, 0.5) is 0 Å². The normalized spacial score (nSPS) is 12.0. The van der Waals surface area contributed by atoms with Crippen LogP contribution in [-0.4, -0.2) is 12.3 Å². The standard InChI is InChI=1S/C8H16N2/c1-4-5-6-7-9-10-8(2)3/h5-8,10H,4H2,1-3H3/b6-5+,9-7-. The molecule has 0 aromatic heterocycles. The molecule has 0 bridgehead atoms. The van der Waals surface area contributed by atoms with E-state index in [0.29, 0.717) is 6.04 Å². The second-order valence-electron chi connectivity index (χ2n) is 2.40. The Morgan fingerprint density at radius 2 is 2.20 bits per heavy atom. The van der Waals surface area contributed by atoms with Crippen molar-refractivity contribution in [2.75, 3.05) is 0 Å². The highest BCUT2D eigenvalue weighted by molar-refractivity contribution is 5.70. The molecule has 0 amide bonds. The molecule has 0 aliphatic heterocycles. The third-order valence-corrected chi connectivity index (χ3v) is 0.865. The molecule has 0 unspecified atom stereocenters. The van der Waals surface area contributed by atoms with E-state index < -0.39 is 0 Å². The lowest BCUT2D eigenvalue weighted by atomic mass is 10.4. The summed E-state index contributed by atoms with van der Waals surface area (Å²) in [6.45, 7) is 6.21. The lowest BCUT2D eigenvalue weighted by Crippen LogP contribution is -2.15. The van der Waals surface area contributed by atoms with E-state index in [9.17, 15) is 0 Å². The molecule has 10 heavy (non-hydrogen) atoms. The van der Waals surface area contributed by atoms with Crippen LogP contribution in [0, 0.1) is 0 Å². The molecule has 0 aliphatic rings. The zero-order valence-electron chi connectivity index (χ0n) is 6.96. The van der Waals surface area contributed by atoms with Crippen LogP contribution in [0.5, 0.6) is 0 Å². The maximum atomic E-state index is 3.95. The van der Waals surface area contributed by atoms with Gasteiger partial charge in [0, 0.05) is 12.3 Å². The van der Waals surface area contributed by atoms with Crippen molar-refractivity contribution in [2.24, 2.45) is 5.10 Å². The number of nitrogens with zero attached hydrogens (tertiary/aromatic N) is 1. The number of nitrogens with one attached hydrogen (secondary N) is 1. The van der Waals surface area contributed by atoms with Crippen LogP contribution in [0.25, 0.3) is 0 Å². The summed E-state index contributed by atoms with van der Waals surface area (Å²) in [5, 5.41) is 3.95. The van der Waals surface area contributed by atoms with E-state index >= 15 is 0 Å². The molecule has 2 heteroatoms. The Kier molecular flexibility index (Phi) is 5.83. The summed E-state index contributed by atoms with van der Waals surface area (Å²) in [6.07, 6.45) is 6.83. The van der Waals surface area contributed by atoms with Crippen LogP contribution in [0.15, 0.2) is 17.3 Å². The highest BCUT2D eigenvalue weighted by Gasteiger charge is 1.81. The van der Waals surface area contributed by atoms with E-state index in [1.54, 1.807) is 6.21 Å². The van der Waals surface area contributed by atoms with Gasteiger partial charge in [-0.2, -0.15) is 5.10 Å². The second-order valence-corrected chi connectivity index (χ2v) is 2.40. The van der Waals surface area contributed by atoms with E-state index in [2.05, 4.69) is 37.4 Å². The average Bonchev–Trinajstić information content (AvgIpc) is 1.87. The summed E-state index contributed by atoms with van der Waals surface area (Å²) >= 11 is 0. The Morgan fingerprint density at radius 3 is 2.70 bits per heavy atom. The molecule has 0 spiro atoms. The molecule has 0 saturated carbocycles. The van der Waals surface area contributed by atoms with Crippen LogP contribution in [0.3, 0.4) is 0 Å². The molecule has 0 aliphatic carbocycles. The number of hydrogen-bond acceptors (Lipinski definition) is 2. The highest BCUT2D eigenvalue weighted by Crippen LogP contribution is 1.77. The van der Waals surface area contributed by atoms with Crippen molar-refractivity contribution in [3.8, 4) is 0 Å². The second kappa shape index (κ2) is 6.33. The van der Waals surface area contributed by atoms with Crippen molar-refractivity contribution in [1.29, 1.82) is 0 Å². The van der Waals surface area contributed by atoms with Gasteiger partial charge in [0.15, 0.2) is 0 Å². The first-order chi connectivity index (χ1) is 4.77. The largest absolute Gasteiger partial charge is 0.308 e. The van der Waals surface area contributed by atoms with Gasteiger partial charge in [-0.3, -0.25) is 0 Å². The Labute approximate surface area is 63.0 Å². The van der Waals surface area contributed by atoms with Crippen LogP contribution >= 0.6 is 0 Å². The van der Waals surface area contributed by atoms with E-state index in [1.165, 1.54) is 0 Å². The predicted octanol–water partition coefficient (Wildman–Crippen LogP) is 1.94. The fourth-order valence-electron chi connectivity index (χ4n) is 0.432. The zero-order valence-corrected chi connectivity index (χ0v) is 6.96. The molecule has 0 fully saturated rings. The van der Waals surface area contributed by atoms with Gasteiger partial charge in [-0.1, -0.05) is 13.0 Å². The number of hydrogen-bond donors (Lipinski definition) is 1. The molecule has 0 aromatic rings. The van der Waals surface area contributed by atoms with E-state index in [4.69, 9.17) is 0 Å². The van der Waals surface area contributed by atoms with Crippen LogP contribution in [-0.2, 0) is 0 Å². The molecule has 2 nitrogen and oxygen atoms in total.